The van der Waals surface area contributed by atoms with Crippen LogP contribution in [0.15, 0.2) is 15.7 Å². The standard InChI is InChI=1S/C16H22N4O5/c1-25-8-7-19-5-2-3-16(14(19)23)4-6-20(10-16)13(22)11-9-12(21)18-15(24)17-11/h9H,2-8,10H2,1H3,(H2,17,18,21,24)/t16-/m1/s1. The first kappa shape index (κ1) is 17.4. The summed E-state index contributed by atoms with van der Waals surface area (Å²) in [5, 5.41) is 0. The van der Waals surface area contributed by atoms with E-state index in [1.165, 1.54) is 0 Å². The Balaban J connectivity index is 1.76. The van der Waals surface area contributed by atoms with Crippen molar-refractivity contribution in [1.29, 1.82) is 0 Å². The van der Waals surface area contributed by atoms with Gasteiger partial charge in [-0.05, 0) is 19.3 Å². The lowest BCUT2D eigenvalue weighted by Gasteiger charge is -2.39. The van der Waals surface area contributed by atoms with E-state index in [0.29, 0.717) is 39.2 Å². The van der Waals surface area contributed by atoms with Crippen LogP contribution in [0, 0.1) is 5.41 Å². The molecule has 1 atom stereocenters. The van der Waals surface area contributed by atoms with Crippen molar-refractivity contribution in [3.63, 3.8) is 0 Å². The summed E-state index contributed by atoms with van der Waals surface area (Å²) in [5.74, 6) is -0.368. The quantitative estimate of drug-likeness (QED) is 0.735. The molecule has 25 heavy (non-hydrogen) atoms. The number of nitrogens with zero attached hydrogens (tertiary/aromatic N) is 2. The minimum Gasteiger partial charge on any atom is -0.383 e. The highest BCUT2D eigenvalue weighted by molar-refractivity contribution is 5.93. The van der Waals surface area contributed by atoms with Crippen LogP contribution in [0.1, 0.15) is 29.8 Å². The van der Waals surface area contributed by atoms with Gasteiger partial charge in [0.15, 0.2) is 0 Å². The fourth-order valence-corrected chi connectivity index (χ4v) is 3.75. The molecular weight excluding hydrogens is 328 g/mol. The number of ether oxygens (including phenoxy) is 1. The van der Waals surface area contributed by atoms with E-state index in [-0.39, 0.29) is 11.6 Å². The maximum atomic E-state index is 12.9. The van der Waals surface area contributed by atoms with Gasteiger partial charge in [-0.1, -0.05) is 0 Å². The number of piperidine rings is 1. The molecule has 3 rings (SSSR count). The lowest BCUT2D eigenvalue weighted by Crippen LogP contribution is -2.51. The normalized spacial score (nSPS) is 23.5. The van der Waals surface area contributed by atoms with E-state index in [9.17, 15) is 19.2 Å². The van der Waals surface area contributed by atoms with Gasteiger partial charge in [-0.25, -0.2) is 4.79 Å². The van der Waals surface area contributed by atoms with Crippen molar-refractivity contribution >= 4 is 11.8 Å². The predicted molar refractivity (Wildman–Crippen MR) is 88.3 cm³/mol. The van der Waals surface area contributed by atoms with Gasteiger partial charge >= 0.3 is 5.69 Å². The predicted octanol–water partition coefficient (Wildman–Crippen LogP) is -0.836. The van der Waals surface area contributed by atoms with Crippen LogP contribution in [0.5, 0.6) is 0 Å². The molecule has 9 nitrogen and oxygen atoms in total. The summed E-state index contributed by atoms with van der Waals surface area (Å²) in [6, 6.07) is 1.07. The highest BCUT2D eigenvalue weighted by Gasteiger charge is 2.49. The zero-order chi connectivity index (χ0) is 18.0. The molecule has 2 amide bonds. The maximum absolute atomic E-state index is 12.9. The molecule has 0 unspecified atom stereocenters. The molecule has 2 N–H and O–H groups in total. The molecule has 136 valence electrons. The van der Waals surface area contributed by atoms with Crippen molar-refractivity contribution in [2.24, 2.45) is 5.41 Å². The van der Waals surface area contributed by atoms with E-state index >= 15 is 0 Å². The number of methoxy groups -OCH3 is 1. The number of aromatic nitrogens is 2. The summed E-state index contributed by atoms with van der Waals surface area (Å²) in [4.78, 5) is 56.0. The zero-order valence-corrected chi connectivity index (χ0v) is 14.2. The summed E-state index contributed by atoms with van der Waals surface area (Å²) in [6.45, 7) is 2.48. The van der Waals surface area contributed by atoms with Crippen molar-refractivity contribution in [2.45, 2.75) is 19.3 Å². The first-order valence-electron chi connectivity index (χ1n) is 8.36. The number of aromatic amines is 2. The molecule has 1 spiro atoms. The van der Waals surface area contributed by atoms with Gasteiger partial charge in [0, 0.05) is 39.4 Å². The molecule has 0 bridgehead atoms. The fourth-order valence-electron chi connectivity index (χ4n) is 3.75. The van der Waals surface area contributed by atoms with Crippen LogP contribution in [-0.4, -0.2) is 71.5 Å². The van der Waals surface area contributed by atoms with Crippen LogP contribution >= 0.6 is 0 Å². The second-order valence-corrected chi connectivity index (χ2v) is 6.65. The minimum absolute atomic E-state index is 0.0507. The highest BCUT2D eigenvalue weighted by Crippen LogP contribution is 2.40. The molecule has 0 aliphatic carbocycles. The third kappa shape index (κ3) is 3.37. The molecule has 1 aromatic heterocycles. The Morgan fingerprint density at radius 2 is 2.04 bits per heavy atom. The summed E-state index contributed by atoms with van der Waals surface area (Å²) in [7, 11) is 1.60. The molecule has 0 radical (unpaired) electrons. The van der Waals surface area contributed by atoms with Gasteiger partial charge in [0.2, 0.25) is 5.91 Å². The minimum atomic E-state index is -0.718. The van der Waals surface area contributed by atoms with E-state index in [0.717, 1.165) is 18.9 Å². The molecule has 9 heteroatoms. The number of carbonyl (C=O) groups is 2. The molecule has 2 aliphatic rings. The highest BCUT2D eigenvalue weighted by atomic mass is 16.5. The molecule has 2 fully saturated rings. The number of H-pyrrole nitrogens is 2. The first-order chi connectivity index (χ1) is 11.9. The Morgan fingerprint density at radius 3 is 2.76 bits per heavy atom. The molecule has 1 aromatic rings. The monoisotopic (exact) mass is 350 g/mol. The van der Waals surface area contributed by atoms with Crippen LogP contribution in [0.3, 0.4) is 0 Å². The average Bonchev–Trinajstić information content (AvgIpc) is 3.00. The second kappa shape index (κ2) is 6.83. The molecular formula is C16H22N4O5. The topological polar surface area (TPSA) is 116 Å². The number of carbonyl (C=O) groups excluding carboxylic acids is 2. The molecule has 0 aromatic carbocycles. The maximum Gasteiger partial charge on any atom is 0.326 e. The summed E-state index contributed by atoms with van der Waals surface area (Å²) < 4.78 is 5.06. The van der Waals surface area contributed by atoms with E-state index < -0.39 is 22.6 Å². The van der Waals surface area contributed by atoms with Gasteiger partial charge in [0.25, 0.3) is 11.5 Å². The fraction of sp³-hybridized carbons (Fsp3) is 0.625. The summed E-state index contributed by atoms with van der Waals surface area (Å²) >= 11 is 0. The smallest absolute Gasteiger partial charge is 0.326 e. The van der Waals surface area contributed by atoms with E-state index in [1.54, 1.807) is 16.9 Å². The van der Waals surface area contributed by atoms with Gasteiger partial charge in [0.1, 0.15) is 5.69 Å². The number of rotatable bonds is 4. The second-order valence-electron chi connectivity index (χ2n) is 6.65. The van der Waals surface area contributed by atoms with Gasteiger partial charge in [-0.2, -0.15) is 0 Å². The summed E-state index contributed by atoms with van der Waals surface area (Å²) in [5.41, 5.74) is -1.96. The third-order valence-electron chi connectivity index (χ3n) is 5.02. The van der Waals surface area contributed by atoms with Crippen LogP contribution in [-0.2, 0) is 9.53 Å². The SMILES string of the molecule is COCCN1CCC[C@]2(CCN(C(=O)c3cc(=O)[nH]c(=O)[nH]3)C2)C1=O. The van der Waals surface area contributed by atoms with Gasteiger partial charge in [0.05, 0.1) is 12.0 Å². The Kier molecular flexibility index (Phi) is 4.76. The van der Waals surface area contributed by atoms with Crippen LogP contribution < -0.4 is 11.2 Å². The largest absolute Gasteiger partial charge is 0.383 e. The van der Waals surface area contributed by atoms with E-state index in [2.05, 4.69) is 4.98 Å². The number of likely N-dealkylation sites (tertiary alicyclic amines) is 2. The van der Waals surface area contributed by atoms with Gasteiger partial charge < -0.3 is 19.5 Å². The molecule has 2 aliphatic heterocycles. The van der Waals surface area contributed by atoms with Crippen molar-refractivity contribution in [3.8, 4) is 0 Å². The number of nitrogens with one attached hydrogen (secondary N) is 2. The number of hydrogen-bond acceptors (Lipinski definition) is 5. The Morgan fingerprint density at radius 1 is 1.24 bits per heavy atom. The Bertz CT molecular complexity index is 757. The van der Waals surface area contributed by atoms with E-state index in [1.807, 2.05) is 4.98 Å². The van der Waals surface area contributed by atoms with Gasteiger partial charge in [-0.3, -0.25) is 19.4 Å². The van der Waals surface area contributed by atoms with Crippen LogP contribution in [0.2, 0.25) is 0 Å². The molecule has 3 heterocycles. The van der Waals surface area contributed by atoms with Crippen molar-refractivity contribution in [3.05, 3.63) is 32.6 Å². The van der Waals surface area contributed by atoms with Crippen molar-refractivity contribution < 1.29 is 14.3 Å². The van der Waals surface area contributed by atoms with E-state index in [4.69, 9.17) is 4.74 Å². The number of amides is 2. The van der Waals surface area contributed by atoms with Crippen LogP contribution in [0.4, 0.5) is 0 Å². The van der Waals surface area contributed by atoms with Gasteiger partial charge in [-0.15, -0.1) is 0 Å². The Hall–Kier alpha value is -2.42. The average molecular weight is 350 g/mol. The third-order valence-corrected chi connectivity index (χ3v) is 5.02. The number of hydrogen-bond donors (Lipinski definition) is 2. The van der Waals surface area contributed by atoms with Crippen molar-refractivity contribution in [1.82, 2.24) is 19.8 Å². The lowest BCUT2D eigenvalue weighted by molar-refractivity contribution is -0.146. The lowest BCUT2D eigenvalue weighted by atomic mass is 9.78. The molecule has 0 saturated carbocycles. The zero-order valence-electron chi connectivity index (χ0n) is 14.2. The van der Waals surface area contributed by atoms with Crippen molar-refractivity contribution in [2.75, 3.05) is 39.9 Å². The Labute approximate surface area is 144 Å². The first-order valence-corrected chi connectivity index (χ1v) is 8.36. The molecule has 2 saturated heterocycles. The van der Waals surface area contributed by atoms with Crippen LogP contribution in [0.25, 0.3) is 0 Å². The summed E-state index contributed by atoms with van der Waals surface area (Å²) in [6.07, 6.45) is 2.22.